The molecule has 0 unspecified atom stereocenters. The van der Waals surface area contributed by atoms with Gasteiger partial charge in [-0.2, -0.15) is 0 Å². The molecule has 0 saturated carbocycles. The van der Waals surface area contributed by atoms with Crippen LogP contribution in [0, 0.1) is 6.92 Å². The average Bonchev–Trinajstić information content (AvgIpc) is 3.11. The maximum absolute atomic E-state index is 5.21. The normalized spacial score (nSPS) is 10.6. The number of hydrogen-bond acceptors (Lipinski definition) is 6. The van der Waals surface area contributed by atoms with Crippen molar-refractivity contribution in [3.8, 4) is 11.5 Å². The van der Waals surface area contributed by atoms with Crippen LogP contribution in [0.25, 0.3) is 11.5 Å². The monoisotopic (exact) mass is 272 g/mol. The highest BCUT2D eigenvalue weighted by atomic mass is 32.1. The summed E-state index contributed by atoms with van der Waals surface area (Å²) < 4.78 is 5.21. The Bertz CT molecular complexity index is 649. The number of anilines is 1. The highest BCUT2D eigenvalue weighted by molar-refractivity contribution is 7.09. The van der Waals surface area contributed by atoms with Crippen molar-refractivity contribution < 1.29 is 4.42 Å². The van der Waals surface area contributed by atoms with E-state index in [0.29, 0.717) is 5.89 Å². The quantitative estimate of drug-likeness (QED) is 0.790. The Morgan fingerprint density at radius 3 is 3.05 bits per heavy atom. The maximum atomic E-state index is 5.21. The number of aromatic nitrogens is 3. The molecule has 1 N–H and O–H groups in total. The molecular formula is C13H12N4OS. The molecule has 0 saturated heterocycles. The summed E-state index contributed by atoms with van der Waals surface area (Å²) >= 11 is 1.64. The molecule has 0 aliphatic heterocycles. The van der Waals surface area contributed by atoms with E-state index in [0.717, 1.165) is 17.8 Å². The Morgan fingerprint density at radius 2 is 2.32 bits per heavy atom. The molecule has 0 amide bonds. The molecule has 19 heavy (non-hydrogen) atoms. The minimum Gasteiger partial charge on any atom is -0.423 e. The predicted octanol–water partition coefficient (Wildman–Crippen LogP) is 3.11. The van der Waals surface area contributed by atoms with Gasteiger partial charge in [-0.3, -0.25) is 4.98 Å². The van der Waals surface area contributed by atoms with Crippen LogP contribution in [0.2, 0.25) is 0 Å². The van der Waals surface area contributed by atoms with E-state index in [1.54, 1.807) is 11.3 Å². The van der Waals surface area contributed by atoms with Crippen LogP contribution in [0.3, 0.4) is 0 Å². The fraction of sp³-hybridized carbons (Fsp3) is 0.154. The van der Waals surface area contributed by atoms with E-state index < -0.39 is 0 Å². The smallest absolute Gasteiger partial charge is 0.247 e. The molecule has 5 nitrogen and oxygen atoms in total. The average molecular weight is 272 g/mol. The van der Waals surface area contributed by atoms with Gasteiger partial charge in [0.15, 0.2) is 0 Å². The van der Waals surface area contributed by atoms with Gasteiger partial charge in [0.25, 0.3) is 0 Å². The lowest BCUT2D eigenvalue weighted by atomic mass is 10.1. The standard InChI is InChI=1S/C13H12N4OS/c1-9-2-3-10(13-17-16-7-18-13)4-12(9)15-6-11-5-14-8-19-11/h2-5,7-8,15H,6H2,1H3. The second-order valence-corrected chi connectivity index (χ2v) is 5.07. The van der Waals surface area contributed by atoms with E-state index in [1.807, 2.05) is 29.9 Å². The summed E-state index contributed by atoms with van der Waals surface area (Å²) in [6.07, 6.45) is 3.20. The van der Waals surface area contributed by atoms with Gasteiger partial charge in [0.1, 0.15) is 0 Å². The third-order valence-electron chi connectivity index (χ3n) is 2.78. The van der Waals surface area contributed by atoms with Gasteiger partial charge in [0.2, 0.25) is 12.3 Å². The number of thiazole rings is 1. The van der Waals surface area contributed by atoms with Gasteiger partial charge in [-0.25, -0.2) is 0 Å². The SMILES string of the molecule is Cc1ccc(-c2nnco2)cc1NCc1cncs1. The second kappa shape index (κ2) is 5.19. The maximum Gasteiger partial charge on any atom is 0.247 e. The first-order valence-corrected chi connectivity index (χ1v) is 6.69. The van der Waals surface area contributed by atoms with Crippen LogP contribution in [0.15, 0.2) is 40.7 Å². The number of aryl methyl sites for hydroxylation is 1. The van der Waals surface area contributed by atoms with Crippen molar-refractivity contribution in [1.29, 1.82) is 0 Å². The molecule has 0 aliphatic carbocycles. The van der Waals surface area contributed by atoms with Gasteiger partial charge in [-0.1, -0.05) is 6.07 Å². The van der Waals surface area contributed by atoms with Crippen molar-refractivity contribution in [1.82, 2.24) is 15.2 Å². The largest absolute Gasteiger partial charge is 0.423 e. The molecule has 0 aliphatic rings. The van der Waals surface area contributed by atoms with Gasteiger partial charge in [0.05, 0.1) is 12.1 Å². The van der Waals surface area contributed by atoms with Crippen molar-refractivity contribution in [2.45, 2.75) is 13.5 Å². The van der Waals surface area contributed by atoms with Crippen molar-refractivity contribution in [2.75, 3.05) is 5.32 Å². The van der Waals surface area contributed by atoms with Crippen molar-refractivity contribution in [3.05, 3.63) is 46.7 Å². The van der Waals surface area contributed by atoms with E-state index in [1.165, 1.54) is 16.8 Å². The topological polar surface area (TPSA) is 63.8 Å². The zero-order chi connectivity index (χ0) is 13.1. The second-order valence-electron chi connectivity index (χ2n) is 4.09. The lowest BCUT2D eigenvalue weighted by Crippen LogP contribution is -1.99. The number of hydrogen-bond donors (Lipinski definition) is 1. The fourth-order valence-electron chi connectivity index (χ4n) is 1.76. The van der Waals surface area contributed by atoms with Crippen molar-refractivity contribution in [2.24, 2.45) is 0 Å². The minimum absolute atomic E-state index is 0.529. The van der Waals surface area contributed by atoms with E-state index in [2.05, 4.69) is 27.4 Å². The molecule has 0 atom stereocenters. The van der Waals surface area contributed by atoms with Gasteiger partial charge in [0, 0.05) is 22.3 Å². The number of benzene rings is 1. The third-order valence-corrected chi connectivity index (χ3v) is 3.56. The van der Waals surface area contributed by atoms with Crippen LogP contribution in [0.5, 0.6) is 0 Å². The van der Waals surface area contributed by atoms with E-state index in [4.69, 9.17) is 4.42 Å². The van der Waals surface area contributed by atoms with Crippen molar-refractivity contribution in [3.63, 3.8) is 0 Å². The number of nitrogens with zero attached hydrogens (tertiary/aromatic N) is 3. The predicted molar refractivity (Wildman–Crippen MR) is 73.9 cm³/mol. The lowest BCUT2D eigenvalue weighted by Gasteiger charge is -2.09. The van der Waals surface area contributed by atoms with Crippen LogP contribution in [0.4, 0.5) is 5.69 Å². The third kappa shape index (κ3) is 2.63. The molecule has 3 aromatic rings. The van der Waals surface area contributed by atoms with Crippen LogP contribution >= 0.6 is 11.3 Å². The molecule has 0 spiro atoms. The number of nitrogens with one attached hydrogen (secondary N) is 1. The summed E-state index contributed by atoms with van der Waals surface area (Å²) in [6, 6.07) is 6.03. The molecule has 0 bridgehead atoms. The summed E-state index contributed by atoms with van der Waals surface area (Å²) in [7, 11) is 0. The van der Waals surface area contributed by atoms with Crippen LogP contribution < -0.4 is 5.32 Å². The van der Waals surface area contributed by atoms with Gasteiger partial charge >= 0.3 is 0 Å². The summed E-state index contributed by atoms with van der Waals surface area (Å²) in [5.41, 5.74) is 4.98. The van der Waals surface area contributed by atoms with Crippen LogP contribution in [0.1, 0.15) is 10.4 Å². The summed E-state index contributed by atoms with van der Waals surface area (Å²) in [6.45, 7) is 2.82. The van der Waals surface area contributed by atoms with E-state index in [9.17, 15) is 0 Å². The zero-order valence-electron chi connectivity index (χ0n) is 10.3. The highest BCUT2D eigenvalue weighted by Gasteiger charge is 2.06. The minimum atomic E-state index is 0.529. The van der Waals surface area contributed by atoms with Gasteiger partial charge in [-0.05, 0) is 24.6 Å². The van der Waals surface area contributed by atoms with E-state index in [-0.39, 0.29) is 0 Å². The molecule has 1 aromatic carbocycles. The van der Waals surface area contributed by atoms with E-state index >= 15 is 0 Å². The fourth-order valence-corrected chi connectivity index (χ4v) is 2.29. The molecule has 0 fully saturated rings. The molecular weight excluding hydrogens is 260 g/mol. The molecule has 96 valence electrons. The summed E-state index contributed by atoms with van der Waals surface area (Å²) in [5, 5.41) is 11.0. The molecule has 2 heterocycles. The Kier molecular flexibility index (Phi) is 3.24. The first kappa shape index (κ1) is 11.9. The van der Waals surface area contributed by atoms with Crippen molar-refractivity contribution >= 4 is 17.0 Å². The first-order chi connectivity index (χ1) is 9.33. The molecule has 0 radical (unpaired) electrons. The van der Waals surface area contributed by atoms with Crippen LogP contribution in [-0.4, -0.2) is 15.2 Å². The Labute approximate surface area is 114 Å². The summed E-state index contributed by atoms with van der Waals surface area (Å²) in [5.74, 6) is 0.529. The van der Waals surface area contributed by atoms with Gasteiger partial charge in [-0.15, -0.1) is 21.5 Å². The molecule has 6 heteroatoms. The number of rotatable bonds is 4. The Hall–Kier alpha value is -2.21. The molecule has 2 aromatic heterocycles. The van der Waals surface area contributed by atoms with Gasteiger partial charge < -0.3 is 9.73 Å². The Balaban J connectivity index is 1.82. The first-order valence-electron chi connectivity index (χ1n) is 5.81. The zero-order valence-corrected chi connectivity index (χ0v) is 11.1. The summed E-state index contributed by atoms with van der Waals surface area (Å²) in [4.78, 5) is 5.26. The molecule has 3 rings (SSSR count). The van der Waals surface area contributed by atoms with Crippen LogP contribution in [-0.2, 0) is 6.54 Å². The lowest BCUT2D eigenvalue weighted by molar-refractivity contribution is 0.568. The Morgan fingerprint density at radius 1 is 1.37 bits per heavy atom. The highest BCUT2D eigenvalue weighted by Crippen LogP contribution is 2.24.